The van der Waals surface area contributed by atoms with E-state index in [1.165, 1.54) is 0 Å². The highest BCUT2D eigenvalue weighted by atomic mass is 32.2. The van der Waals surface area contributed by atoms with Gasteiger partial charge < -0.3 is 10.1 Å². The Bertz CT molecular complexity index is 568. The number of rotatable bonds is 5. The first-order valence-corrected chi connectivity index (χ1v) is 7.90. The number of carbonyl (C=O) groups excluding carboxylic acids is 1. The quantitative estimate of drug-likeness (QED) is 0.818. The van der Waals surface area contributed by atoms with Crippen molar-refractivity contribution < 1.29 is 17.9 Å². The summed E-state index contributed by atoms with van der Waals surface area (Å²) in [6, 6.07) is 6.73. The number of carbonyl (C=O) groups is 1. The van der Waals surface area contributed by atoms with Crippen LogP contribution in [0.5, 0.6) is 0 Å². The highest BCUT2D eigenvalue weighted by molar-refractivity contribution is 7.91. The van der Waals surface area contributed by atoms with Crippen molar-refractivity contribution >= 4 is 15.8 Å². The standard InChI is InChI=1S/C13H17NO4S/c1-2-18-13(15)7-8-14-11-9-19(16,17)12-6-4-3-5-10(11)12/h3-6,11,14H,2,7-9H2,1H3. The Balaban J connectivity index is 1.99. The van der Waals surface area contributed by atoms with Crippen LogP contribution in [0, 0.1) is 0 Å². The molecule has 1 atom stereocenters. The van der Waals surface area contributed by atoms with Crippen molar-refractivity contribution in [2.75, 3.05) is 18.9 Å². The van der Waals surface area contributed by atoms with E-state index in [0.29, 0.717) is 18.0 Å². The second kappa shape index (κ2) is 5.71. The predicted octanol–water partition coefficient (Wildman–Crippen LogP) is 1.06. The van der Waals surface area contributed by atoms with Gasteiger partial charge in [0.2, 0.25) is 0 Å². The number of esters is 1. The van der Waals surface area contributed by atoms with E-state index in [4.69, 9.17) is 4.74 Å². The van der Waals surface area contributed by atoms with Crippen molar-refractivity contribution in [3.63, 3.8) is 0 Å². The Hall–Kier alpha value is -1.40. The minimum Gasteiger partial charge on any atom is -0.466 e. The number of sulfone groups is 1. The molecule has 1 aromatic carbocycles. The summed E-state index contributed by atoms with van der Waals surface area (Å²) >= 11 is 0. The Kier molecular flexibility index (Phi) is 4.21. The number of nitrogens with one attached hydrogen (secondary N) is 1. The van der Waals surface area contributed by atoms with E-state index >= 15 is 0 Å². The molecule has 0 amide bonds. The molecular formula is C13H17NO4S. The van der Waals surface area contributed by atoms with Gasteiger partial charge in [0.1, 0.15) is 0 Å². The molecule has 1 aliphatic heterocycles. The van der Waals surface area contributed by atoms with Crippen molar-refractivity contribution in [3.05, 3.63) is 29.8 Å². The van der Waals surface area contributed by atoms with Gasteiger partial charge in [-0.2, -0.15) is 0 Å². The highest BCUT2D eigenvalue weighted by Gasteiger charge is 2.33. The molecule has 1 aromatic rings. The molecule has 104 valence electrons. The van der Waals surface area contributed by atoms with E-state index in [0.717, 1.165) is 5.56 Å². The number of hydrogen-bond acceptors (Lipinski definition) is 5. The van der Waals surface area contributed by atoms with E-state index in [1.807, 2.05) is 12.1 Å². The van der Waals surface area contributed by atoms with Crippen molar-refractivity contribution in [1.29, 1.82) is 0 Å². The van der Waals surface area contributed by atoms with Crippen LogP contribution >= 0.6 is 0 Å². The molecule has 0 saturated heterocycles. The van der Waals surface area contributed by atoms with Crippen molar-refractivity contribution in [2.45, 2.75) is 24.3 Å². The molecule has 5 nitrogen and oxygen atoms in total. The first-order valence-electron chi connectivity index (χ1n) is 6.25. The lowest BCUT2D eigenvalue weighted by Crippen LogP contribution is -2.25. The van der Waals surface area contributed by atoms with E-state index in [9.17, 15) is 13.2 Å². The summed E-state index contributed by atoms with van der Waals surface area (Å²) in [6.07, 6.45) is 0.243. The molecule has 0 spiro atoms. The summed E-state index contributed by atoms with van der Waals surface area (Å²) in [5, 5.41) is 3.10. The van der Waals surface area contributed by atoms with Gasteiger partial charge in [0, 0.05) is 12.6 Å². The SMILES string of the molecule is CCOC(=O)CCNC1CS(=O)(=O)c2ccccc21. The van der Waals surface area contributed by atoms with Gasteiger partial charge in [-0.15, -0.1) is 0 Å². The van der Waals surface area contributed by atoms with Gasteiger partial charge in [-0.3, -0.25) is 4.79 Å². The second-order valence-corrected chi connectivity index (χ2v) is 6.38. The fraction of sp³-hybridized carbons (Fsp3) is 0.462. The van der Waals surface area contributed by atoms with Gasteiger partial charge in [-0.05, 0) is 18.6 Å². The molecule has 1 N–H and O–H groups in total. The topological polar surface area (TPSA) is 72.5 Å². The number of benzene rings is 1. The Morgan fingerprint density at radius 3 is 2.89 bits per heavy atom. The molecule has 6 heteroatoms. The first kappa shape index (κ1) is 14.0. The lowest BCUT2D eigenvalue weighted by atomic mass is 10.1. The molecule has 0 bridgehead atoms. The number of hydrogen-bond donors (Lipinski definition) is 1. The van der Waals surface area contributed by atoms with Crippen molar-refractivity contribution in [1.82, 2.24) is 5.32 Å². The fourth-order valence-corrected chi connectivity index (χ4v) is 3.97. The highest BCUT2D eigenvalue weighted by Crippen LogP contribution is 2.32. The van der Waals surface area contributed by atoms with E-state index in [1.54, 1.807) is 19.1 Å². The summed E-state index contributed by atoms with van der Waals surface area (Å²) < 4.78 is 28.7. The Morgan fingerprint density at radius 1 is 1.42 bits per heavy atom. The van der Waals surface area contributed by atoms with Crippen LogP contribution in [0.15, 0.2) is 29.2 Å². The zero-order chi connectivity index (χ0) is 13.9. The van der Waals surface area contributed by atoms with Crippen LogP contribution in [-0.4, -0.2) is 33.3 Å². The molecular weight excluding hydrogens is 266 g/mol. The van der Waals surface area contributed by atoms with Gasteiger partial charge in [0.25, 0.3) is 0 Å². The Labute approximate surface area is 112 Å². The van der Waals surface area contributed by atoms with Gasteiger partial charge in [0.05, 0.1) is 23.7 Å². The molecule has 0 aromatic heterocycles. The van der Waals surface area contributed by atoms with Gasteiger partial charge in [-0.1, -0.05) is 18.2 Å². The van der Waals surface area contributed by atoms with Gasteiger partial charge >= 0.3 is 5.97 Å². The molecule has 1 aliphatic rings. The second-order valence-electron chi connectivity index (χ2n) is 4.38. The monoisotopic (exact) mass is 283 g/mol. The van der Waals surface area contributed by atoms with Crippen LogP contribution in [-0.2, 0) is 19.4 Å². The number of fused-ring (bicyclic) bond motifs is 1. The molecule has 2 rings (SSSR count). The zero-order valence-electron chi connectivity index (χ0n) is 10.8. The van der Waals surface area contributed by atoms with Crippen LogP contribution in [0.4, 0.5) is 0 Å². The van der Waals surface area contributed by atoms with Gasteiger partial charge in [0.15, 0.2) is 9.84 Å². The van der Waals surface area contributed by atoms with Crippen LogP contribution < -0.4 is 5.32 Å². The van der Waals surface area contributed by atoms with E-state index in [-0.39, 0.29) is 24.2 Å². The van der Waals surface area contributed by atoms with Crippen LogP contribution in [0.25, 0.3) is 0 Å². The normalized spacial score (nSPS) is 19.9. The zero-order valence-corrected chi connectivity index (χ0v) is 11.6. The maximum Gasteiger partial charge on any atom is 0.307 e. The van der Waals surface area contributed by atoms with Crippen LogP contribution in [0.1, 0.15) is 24.9 Å². The molecule has 1 unspecified atom stereocenters. The molecule has 19 heavy (non-hydrogen) atoms. The maximum absolute atomic E-state index is 11.9. The van der Waals surface area contributed by atoms with Gasteiger partial charge in [-0.25, -0.2) is 8.42 Å². The summed E-state index contributed by atoms with van der Waals surface area (Å²) in [7, 11) is -3.19. The first-order chi connectivity index (χ1) is 9.04. The summed E-state index contributed by atoms with van der Waals surface area (Å²) in [5.41, 5.74) is 0.784. The largest absolute Gasteiger partial charge is 0.466 e. The summed E-state index contributed by atoms with van der Waals surface area (Å²) in [6.45, 7) is 2.53. The van der Waals surface area contributed by atoms with Crippen molar-refractivity contribution in [2.24, 2.45) is 0 Å². The molecule has 1 heterocycles. The third-order valence-electron chi connectivity index (χ3n) is 3.04. The summed E-state index contributed by atoms with van der Waals surface area (Å²) in [4.78, 5) is 11.6. The number of ether oxygens (including phenoxy) is 1. The third-order valence-corrected chi connectivity index (χ3v) is 4.85. The lowest BCUT2D eigenvalue weighted by molar-refractivity contribution is -0.143. The molecule has 0 aliphatic carbocycles. The smallest absolute Gasteiger partial charge is 0.307 e. The molecule has 0 fully saturated rings. The molecule has 0 radical (unpaired) electrons. The maximum atomic E-state index is 11.9. The third kappa shape index (κ3) is 3.13. The summed E-state index contributed by atoms with van der Waals surface area (Å²) in [5.74, 6) is -0.223. The van der Waals surface area contributed by atoms with Crippen molar-refractivity contribution in [3.8, 4) is 0 Å². The van der Waals surface area contributed by atoms with Crippen LogP contribution in [0.3, 0.4) is 0 Å². The van der Waals surface area contributed by atoms with E-state index in [2.05, 4.69) is 5.32 Å². The fourth-order valence-electron chi connectivity index (χ4n) is 2.20. The predicted molar refractivity (Wildman–Crippen MR) is 70.5 cm³/mol. The Morgan fingerprint density at radius 2 is 2.16 bits per heavy atom. The van der Waals surface area contributed by atoms with Crippen LogP contribution in [0.2, 0.25) is 0 Å². The van der Waals surface area contributed by atoms with E-state index < -0.39 is 9.84 Å². The average Bonchev–Trinajstić information content (AvgIpc) is 2.62. The average molecular weight is 283 g/mol. The molecule has 0 saturated carbocycles. The lowest BCUT2D eigenvalue weighted by Gasteiger charge is -2.11. The minimum absolute atomic E-state index is 0.0508. The minimum atomic E-state index is -3.19.